The summed E-state index contributed by atoms with van der Waals surface area (Å²) in [7, 11) is 1.39. The summed E-state index contributed by atoms with van der Waals surface area (Å²) in [6.07, 6.45) is 5.79. The fourth-order valence-electron chi connectivity index (χ4n) is 4.85. The van der Waals surface area contributed by atoms with Crippen LogP contribution in [0.3, 0.4) is 0 Å². The highest BCUT2D eigenvalue weighted by molar-refractivity contribution is 6.08. The van der Waals surface area contributed by atoms with Crippen LogP contribution in [0.1, 0.15) is 46.6 Å². The fourth-order valence-corrected chi connectivity index (χ4v) is 4.85. The van der Waals surface area contributed by atoms with Crippen molar-refractivity contribution in [3.63, 3.8) is 0 Å². The molecule has 1 fully saturated rings. The maximum Gasteiger partial charge on any atom is 0.337 e. The molecule has 37 heavy (non-hydrogen) atoms. The molecule has 1 aliphatic rings. The molecule has 5 aromatic rings. The van der Waals surface area contributed by atoms with Crippen molar-refractivity contribution in [2.24, 2.45) is 0 Å². The van der Waals surface area contributed by atoms with E-state index in [1.54, 1.807) is 6.07 Å². The Balaban J connectivity index is 0.000000412. The summed E-state index contributed by atoms with van der Waals surface area (Å²) in [6.45, 7) is 6.48. The van der Waals surface area contributed by atoms with Crippen molar-refractivity contribution in [2.75, 3.05) is 20.3 Å². The van der Waals surface area contributed by atoms with E-state index >= 15 is 0 Å². The molecule has 0 unspecified atom stereocenters. The van der Waals surface area contributed by atoms with Gasteiger partial charge in [-0.15, -0.1) is 0 Å². The summed E-state index contributed by atoms with van der Waals surface area (Å²) in [5.41, 5.74) is 7.22. The first kappa shape index (κ1) is 24.7. The van der Waals surface area contributed by atoms with Gasteiger partial charge >= 0.3 is 5.97 Å². The molecule has 190 valence electrons. The zero-order chi connectivity index (χ0) is 25.8. The molecule has 0 saturated carbocycles. The minimum absolute atomic E-state index is 0.359. The second kappa shape index (κ2) is 11.0. The summed E-state index contributed by atoms with van der Waals surface area (Å²) in [5, 5.41) is 5.07. The highest BCUT2D eigenvalue weighted by Crippen LogP contribution is 2.34. The van der Waals surface area contributed by atoms with Crippen LogP contribution in [-0.4, -0.2) is 41.0 Å². The summed E-state index contributed by atoms with van der Waals surface area (Å²) in [4.78, 5) is 17.0. The van der Waals surface area contributed by atoms with Crippen LogP contribution in [-0.2, 0) is 16.0 Å². The van der Waals surface area contributed by atoms with Gasteiger partial charge in [0.25, 0.3) is 0 Å². The van der Waals surface area contributed by atoms with Gasteiger partial charge in [0, 0.05) is 42.5 Å². The van der Waals surface area contributed by atoms with Crippen LogP contribution in [0.5, 0.6) is 0 Å². The lowest BCUT2D eigenvalue weighted by atomic mass is 10.1. The molecule has 6 rings (SSSR count). The lowest BCUT2D eigenvalue weighted by molar-refractivity contribution is 0.0601. The maximum absolute atomic E-state index is 12.2. The molecule has 0 spiro atoms. The number of esters is 1. The fraction of sp³-hybridized carbons (Fsp3) is 0.300. The first-order valence-electron chi connectivity index (χ1n) is 12.6. The van der Waals surface area contributed by atoms with Gasteiger partial charge in [-0.2, -0.15) is 0 Å². The van der Waals surface area contributed by atoms with Gasteiger partial charge in [-0.1, -0.05) is 35.5 Å². The monoisotopic (exact) mass is 497 g/mol. The van der Waals surface area contributed by atoms with Crippen molar-refractivity contribution in [2.45, 2.75) is 39.7 Å². The molecule has 0 radical (unpaired) electrons. The molecule has 4 heterocycles. The largest absolute Gasteiger partial charge is 0.465 e. The van der Waals surface area contributed by atoms with E-state index < -0.39 is 0 Å². The molecule has 1 aliphatic heterocycles. The van der Waals surface area contributed by atoms with Gasteiger partial charge in [0.2, 0.25) is 0 Å². The molecule has 0 atom stereocenters. The molecule has 0 aliphatic carbocycles. The molecule has 2 aromatic carbocycles. The Morgan fingerprint density at radius 3 is 2.41 bits per heavy atom. The highest BCUT2D eigenvalue weighted by atomic mass is 16.5. The van der Waals surface area contributed by atoms with Crippen LogP contribution in [0.25, 0.3) is 33.1 Å². The van der Waals surface area contributed by atoms with Gasteiger partial charge in [0.1, 0.15) is 5.76 Å². The van der Waals surface area contributed by atoms with Gasteiger partial charge in [-0.25, -0.2) is 4.79 Å². The maximum atomic E-state index is 12.2. The molecule has 0 amide bonds. The van der Waals surface area contributed by atoms with Gasteiger partial charge in [-0.05, 0) is 62.9 Å². The van der Waals surface area contributed by atoms with Crippen LogP contribution in [0, 0.1) is 13.8 Å². The number of nitrogens with zero attached hydrogens (tertiary/aromatic N) is 3. The lowest BCUT2D eigenvalue weighted by Gasteiger charge is -2.09. The zero-order valence-corrected chi connectivity index (χ0v) is 21.5. The second-order valence-corrected chi connectivity index (χ2v) is 9.26. The number of carbonyl (C=O) groups excluding carboxylic acids is 1. The summed E-state index contributed by atoms with van der Waals surface area (Å²) < 4.78 is 17.6. The first-order valence-corrected chi connectivity index (χ1v) is 12.6. The second-order valence-electron chi connectivity index (χ2n) is 9.26. The quantitative estimate of drug-likeness (QED) is 0.264. The Morgan fingerprint density at radius 1 is 1.00 bits per heavy atom. The van der Waals surface area contributed by atoms with E-state index in [-0.39, 0.29) is 5.97 Å². The molecule has 0 bridgehead atoms. The Hall–Kier alpha value is -3.97. The minimum Gasteiger partial charge on any atom is -0.465 e. The predicted molar refractivity (Wildman–Crippen MR) is 144 cm³/mol. The minimum atomic E-state index is -0.359. The summed E-state index contributed by atoms with van der Waals surface area (Å²) >= 11 is 0. The van der Waals surface area contributed by atoms with Crippen LogP contribution in [0.4, 0.5) is 0 Å². The Bertz CT molecular complexity index is 1500. The van der Waals surface area contributed by atoms with E-state index in [1.165, 1.54) is 26.4 Å². The van der Waals surface area contributed by atoms with Crippen LogP contribution >= 0.6 is 0 Å². The molecular weight excluding hydrogens is 466 g/mol. The van der Waals surface area contributed by atoms with Gasteiger partial charge in [0.05, 0.1) is 34.9 Å². The number of hydrogen-bond acceptors (Lipinski definition) is 6. The average molecular weight is 498 g/mol. The molecule has 1 saturated heterocycles. The Labute approximate surface area is 216 Å². The average Bonchev–Trinajstić information content (AvgIpc) is 3.45. The topological polar surface area (TPSA) is 79.4 Å². The summed E-state index contributed by atoms with van der Waals surface area (Å²) in [6, 6.07) is 17.9. The van der Waals surface area contributed by atoms with E-state index in [4.69, 9.17) is 19.0 Å². The zero-order valence-electron chi connectivity index (χ0n) is 21.5. The van der Waals surface area contributed by atoms with Crippen molar-refractivity contribution >= 4 is 27.9 Å². The van der Waals surface area contributed by atoms with Crippen molar-refractivity contribution in [1.29, 1.82) is 0 Å². The standard InChI is InChI=1S/C25H21N3O3.C5H10O/c1-15-23(16(2)31-27-15)19-12-22-24(26-13-19)20-10-9-18(25(29)30-3)11-21(20)28(22)14-17-7-5-4-6-8-17;1-2-4-6-5-3-1/h4-13H,14H2,1-3H3;1-5H2. The third-order valence-electron chi connectivity index (χ3n) is 6.71. The van der Waals surface area contributed by atoms with E-state index in [2.05, 4.69) is 27.9 Å². The molecule has 7 nitrogen and oxygen atoms in total. The third kappa shape index (κ3) is 5.13. The SMILES string of the molecule is C1CCOCC1.COC(=O)c1ccc2c3ncc(-c4c(C)noc4C)cc3n(Cc3ccccc3)c2c1. The molecule has 0 N–H and O–H groups in total. The number of fused-ring (bicyclic) bond motifs is 3. The number of hydrogen-bond donors (Lipinski definition) is 0. The van der Waals surface area contributed by atoms with Gasteiger partial charge in [-0.3, -0.25) is 4.98 Å². The molecule has 7 heteroatoms. The van der Waals surface area contributed by atoms with E-state index in [9.17, 15) is 4.79 Å². The highest BCUT2D eigenvalue weighted by Gasteiger charge is 2.18. The Kier molecular flexibility index (Phi) is 7.32. The number of pyridine rings is 1. The smallest absolute Gasteiger partial charge is 0.337 e. The van der Waals surface area contributed by atoms with Gasteiger partial charge < -0.3 is 18.6 Å². The van der Waals surface area contributed by atoms with Crippen molar-refractivity contribution in [3.8, 4) is 11.1 Å². The number of benzene rings is 2. The predicted octanol–water partition coefficient (Wildman–Crippen LogP) is 6.48. The number of methoxy groups -OCH3 is 1. The number of aryl methyl sites for hydroxylation is 2. The van der Waals surface area contributed by atoms with E-state index in [0.717, 1.165) is 63.3 Å². The number of carbonyl (C=O) groups is 1. The lowest BCUT2D eigenvalue weighted by Crippen LogP contribution is -2.03. The first-order chi connectivity index (χ1) is 18.1. The van der Waals surface area contributed by atoms with Crippen LogP contribution < -0.4 is 0 Å². The number of aromatic nitrogens is 3. The van der Waals surface area contributed by atoms with Crippen molar-refractivity contribution < 1.29 is 18.8 Å². The van der Waals surface area contributed by atoms with Crippen LogP contribution in [0.2, 0.25) is 0 Å². The molecule has 3 aromatic heterocycles. The summed E-state index contributed by atoms with van der Waals surface area (Å²) in [5.74, 6) is 0.403. The van der Waals surface area contributed by atoms with Gasteiger partial charge in [0.15, 0.2) is 0 Å². The van der Waals surface area contributed by atoms with E-state index in [0.29, 0.717) is 12.1 Å². The van der Waals surface area contributed by atoms with Crippen molar-refractivity contribution in [1.82, 2.24) is 14.7 Å². The van der Waals surface area contributed by atoms with Crippen molar-refractivity contribution in [3.05, 3.63) is 83.4 Å². The van der Waals surface area contributed by atoms with Crippen LogP contribution in [0.15, 0.2) is 65.3 Å². The van der Waals surface area contributed by atoms with E-state index in [1.807, 2.05) is 50.4 Å². The third-order valence-corrected chi connectivity index (χ3v) is 6.71. The normalized spacial score (nSPS) is 13.4. The number of rotatable bonds is 4. The number of ether oxygens (including phenoxy) is 2. The Morgan fingerprint density at radius 2 is 1.78 bits per heavy atom. The molecular formula is C30H31N3O4.